The fourth-order valence-electron chi connectivity index (χ4n) is 3.05. The van der Waals surface area contributed by atoms with Gasteiger partial charge in [0.05, 0.1) is 16.8 Å². The Hall–Kier alpha value is -3.03. The van der Waals surface area contributed by atoms with Crippen LogP contribution in [0.3, 0.4) is 0 Å². The third-order valence-corrected chi connectivity index (χ3v) is 5.60. The molecule has 0 bridgehead atoms. The predicted molar refractivity (Wildman–Crippen MR) is 128 cm³/mol. The van der Waals surface area contributed by atoms with Gasteiger partial charge in [0.2, 0.25) is 0 Å². The second kappa shape index (κ2) is 9.41. The maximum Gasteiger partial charge on any atom is 0.339 e. The van der Waals surface area contributed by atoms with Crippen LogP contribution in [0.15, 0.2) is 87.8 Å². The summed E-state index contributed by atoms with van der Waals surface area (Å²) in [5.74, 6) is -0.995. The van der Waals surface area contributed by atoms with Crippen molar-refractivity contribution in [2.24, 2.45) is 0 Å². The standard InChI is InChI=1S/C24H16Br2N2O3/c25-16-7-5-15(6-8-16)22-13-20(19-3-1-2-4-21(19)28-22)24(30)31-14-23(29)27-18-11-9-17(26)10-12-18/h1-13H,14H2,(H,27,29). The van der Waals surface area contributed by atoms with E-state index in [9.17, 15) is 9.59 Å². The van der Waals surface area contributed by atoms with Gasteiger partial charge in [-0.15, -0.1) is 0 Å². The van der Waals surface area contributed by atoms with E-state index in [1.165, 1.54) is 0 Å². The topological polar surface area (TPSA) is 68.3 Å². The van der Waals surface area contributed by atoms with E-state index < -0.39 is 11.9 Å². The van der Waals surface area contributed by atoms with E-state index in [-0.39, 0.29) is 6.61 Å². The molecule has 1 amide bonds. The number of hydrogen-bond donors (Lipinski definition) is 1. The van der Waals surface area contributed by atoms with E-state index >= 15 is 0 Å². The van der Waals surface area contributed by atoms with Crippen molar-refractivity contribution in [2.45, 2.75) is 0 Å². The number of anilines is 1. The molecule has 0 fully saturated rings. The molecular formula is C24H16Br2N2O3. The Morgan fingerprint density at radius 1 is 0.871 bits per heavy atom. The zero-order chi connectivity index (χ0) is 21.8. The first kappa shape index (κ1) is 21.2. The van der Waals surface area contributed by atoms with E-state index in [1.54, 1.807) is 18.2 Å². The Labute approximate surface area is 195 Å². The van der Waals surface area contributed by atoms with Gasteiger partial charge in [-0.25, -0.2) is 9.78 Å². The first-order valence-corrected chi connectivity index (χ1v) is 11.0. The van der Waals surface area contributed by atoms with Crippen LogP contribution >= 0.6 is 31.9 Å². The van der Waals surface area contributed by atoms with Crippen molar-refractivity contribution in [1.82, 2.24) is 4.98 Å². The fourth-order valence-corrected chi connectivity index (χ4v) is 3.58. The van der Waals surface area contributed by atoms with Gasteiger partial charge in [0.25, 0.3) is 5.91 Å². The highest BCUT2D eigenvalue weighted by Crippen LogP contribution is 2.26. The summed E-state index contributed by atoms with van der Waals surface area (Å²) in [5, 5.41) is 3.37. The summed E-state index contributed by atoms with van der Waals surface area (Å²) >= 11 is 6.77. The molecule has 1 aromatic heterocycles. The number of carbonyl (C=O) groups is 2. The van der Waals surface area contributed by atoms with Crippen LogP contribution in [0.4, 0.5) is 5.69 Å². The van der Waals surface area contributed by atoms with Gasteiger partial charge in [-0.1, -0.05) is 62.2 Å². The number of hydrogen-bond acceptors (Lipinski definition) is 4. The lowest BCUT2D eigenvalue weighted by atomic mass is 10.0. The van der Waals surface area contributed by atoms with Crippen LogP contribution in [-0.2, 0) is 9.53 Å². The zero-order valence-corrected chi connectivity index (χ0v) is 19.3. The maximum atomic E-state index is 12.9. The second-order valence-corrected chi connectivity index (χ2v) is 8.54. The molecular weight excluding hydrogens is 524 g/mol. The van der Waals surface area contributed by atoms with Gasteiger partial charge in [-0.2, -0.15) is 0 Å². The van der Waals surface area contributed by atoms with Crippen LogP contribution < -0.4 is 5.32 Å². The number of ether oxygens (including phenoxy) is 1. The number of amides is 1. The number of halogens is 2. The van der Waals surface area contributed by atoms with Gasteiger partial charge < -0.3 is 10.1 Å². The van der Waals surface area contributed by atoms with Gasteiger partial charge in [-0.3, -0.25) is 4.79 Å². The minimum absolute atomic E-state index is 0.361. The van der Waals surface area contributed by atoms with Crippen LogP contribution in [0.25, 0.3) is 22.2 Å². The van der Waals surface area contributed by atoms with Gasteiger partial charge in [0, 0.05) is 25.6 Å². The van der Waals surface area contributed by atoms with Crippen molar-refractivity contribution in [1.29, 1.82) is 0 Å². The van der Waals surface area contributed by atoms with Crippen LogP contribution in [0.5, 0.6) is 0 Å². The molecule has 0 aliphatic heterocycles. The highest BCUT2D eigenvalue weighted by Gasteiger charge is 2.16. The fraction of sp³-hybridized carbons (Fsp3) is 0.0417. The number of nitrogens with one attached hydrogen (secondary N) is 1. The molecule has 0 atom stereocenters. The molecule has 1 heterocycles. The summed E-state index contributed by atoms with van der Waals surface area (Å²) in [6.45, 7) is -0.390. The molecule has 0 aliphatic rings. The number of esters is 1. The first-order chi connectivity index (χ1) is 15.0. The Morgan fingerprint density at radius 2 is 1.52 bits per heavy atom. The molecule has 1 N–H and O–H groups in total. The molecule has 154 valence electrons. The summed E-state index contributed by atoms with van der Waals surface area (Å²) in [4.78, 5) is 29.7. The maximum absolute atomic E-state index is 12.9. The first-order valence-electron chi connectivity index (χ1n) is 9.38. The van der Waals surface area contributed by atoms with Crippen LogP contribution in [0.1, 0.15) is 10.4 Å². The number of rotatable bonds is 5. The second-order valence-electron chi connectivity index (χ2n) is 6.71. The van der Waals surface area contributed by atoms with E-state index in [0.717, 1.165) is 14.5 Å². The van der Waals surface area contributed by atoms with Gasteiger partial charge in [0.15, 0.2) is 6.61 Å². The average Bonchev–Trinajstić information content (AvgIpc) is 2.79. The van der Waals surface area contributed by atoms with Crippen molar-refractivity contribution in [3.8, 4) is 11.3 Å². The summed E-state index contributed by atoms with van der Waals surface area (Å²) in [6.07, 6.45) is 0. The SMILES string of the molecule is O=C(COC(=O)c1cc(-c2ccc(Br)cc2)nc2ccccc12)Nc1ccc(Br)cc1. The molecule has 0 radical (unpaired) electrons. The third-order valence-electron chi connectivity index (χ3n) is 4.54. The number of benzene rings is 3. The number of carbonyl (C=O) groups excluding carboxylic acids is 2. The Morgan fingerprint density at radius 3 is 2.23 bits per heavy atom. The summed E-state index contributed by atoms with van der Waals surface area (Å²) in [7, 11) is 0. The molecule has 0 unspecified atom stereocenters. The smallest absolute Gasteiger partial charge is 0.339 e. The lowest BCUT2D eigenvalue weighted by molar-refractivity contribution is -0.119. The quantitative estimate of drug-likeness (QED) is 0.305. The van der Waals surface area contributed by atoms with Gasteiger partial charge in [-0.05, 0) is 48.5 Å². The largest absolute Gasteiger partial charge is 0.452 e. The molecule has 4 rings (SSSR count). The number of fused-ring (bicyclic) bond motifs is 1. The Bertz CT molecular complexity index is 1260. The van der Waals surface area contributed by atoms with E-state index in [1.807, 2.05) is 60.7 Å². The summed E-state index contributed by atoms with van der Waals surface area (Å²) < 4.78 is 7.17. The monoisotopic (exact) mass is 538 g/mol. The van der Waals surface area contributed by atoms with E-state index in [0.29, 0.717) is 27.8 Å². The third kappa shape index (κ3) is 5.18. The molecule has 31 heavy (non-hydrogen) atoms. The average molecular weight is 540 g/mol. The minimum Gasteiger partial charge on any atom is -0.452 e. The van der Waals surface area contributed by atoms with Crippen molar-refractivity contribution in [3.05, 3.63) is 93.4 Å². The lowest BCUT2D eigenvalue weighted by Gasteiger charge is -2.11. The normalized spacial score (nSPS) is 10.6. The molecule has 7 heteroatoms. The van der Waals surface area contributed by atoms with Gasteiger partial charge >= 0.3 is 5.97 Å². The zero-order valence-electron chi connectivity index (χ0n) is 16.1. The summed E-state index contributed by atoms with van der Waals surface area (Å²) in [5.41, 5.74) is 3.18. The molecule has 4 aromatic rings. The van der Waals surface area contributed by atoms with Crippen molar-refractivity contribution >= 4 is 60.3 Å². The number of para-hydroxylation sites is 1. The highest BCUT2D eigenvalue weighted by molar-refractivity contribution is 9.10. The predicted octanol–water partition coefficient (Wildman–Crippen LogP) is 6.22. The molecule has 0 saturated carbocycles. The lowest BCUT2D eigenvalue weighted by Crippen LogP contribution is -2.21. The molecule has 0 aliphatic carbocycles. The van der Waals surface area contributed by atoms with Crippen molar-refractivity contribution in [3.63, 3.8) is 0 Å². The number of pyridine rings is 1. The molecule has 0 spiro atoms. The molecule has 3 aromatic carbocycles. The molecule has 5 nitrogen and oxygen atoms in total. The minimum atomic E-state index is -0.581. The Kier molecular flexibility index (Phi) is 6.44. The number of nitrogens with zero attached hydrogens (tertiary/aromatic N) is 1. The van der Waals surface area contributed by atoms with E-state index in [4.69, 9.17) is 4.74 Å². The van der Waals surface area contributed by atoms with E-state index in [2.05, 4.69) is 42.2 Å². The summed E-state index contributed by atoms with van der Waals surface area (Å²) in [6, 6.07) is 23.8. The van der Waals surface area contributed by atoms with Crippen LogP contribution in [-0.4, -0.2) is 23.5 Å². The molecule has 0 saturated heterocycles. The number of aromatic nitrogens is 1. The highest BCUT2D eigenvalue weighted by atomic mass is 79.9. The Balaban J connectivity index is 1.55. The van der Waals surface area contributed by atoms with Crippen LogP contribution in [0.2, 0.25) is 0 Å². The van der Waals surface area contributed by atoms with Crippen molar-refractivity contribution < 1.29 is 14.3 Å². The van der Waals surface area contributed by atoms with Crippen LogP contribution in [0, 0.1) is 0 Å². The van der Waals surface area contributed by atoms with Crippen molar-refractivity contribution in [2.75, 3.05) is 11.9 Å². The van der Waals surface area contributed by atoms with Gasteiger partial charge in [0.1, 0.15) is 0 Å².